The maximum atomic E-state index is 10.9. The van der Waals surface area contributed by atoms with E-state index in [-0.39, 0.29) is 10.7 Å². The first-order valence-electron chi connectivity index (χ1n) is 6.67. The molecule has 0 bridgehead atoms. The van der Waals surface area contributed by atoms with Gasteiger partial charge in [0.25, 0.3) is 5.69 Å². The minimum atomic E-state index is -0.422. The summed E-state index contributed by atoms with van der Waals surface area (Å²) in [5.74, 6) is 0. The lowest BCUT2D eigenvalue weighted by Crippen LogP contribution is -2.42. The molecule has 104 valence electrons. The van der Waals surface area contributed by atoms with Crippen molar-refractivity contribution in [3.63, 3.8) is 0 Å². The molecule has 1 heterocycles. The van der Waals surface area contributed by atoms with Crippen LogP contribution in [-0.4, -0.2) is 21.9 Å². The Hall–Kier alpha value is -1.13. The Morgan fingerprint density at radius 1 is 1.37 bits per heavy atom. The van der Waals surface area contributed by atoms with Crippen molar-refractivity contribution in [2.75, 3.05) is 0 Å². The highest BCUT2D eigenvalue weighted by molar-refractivity contribution is 6.32. The van der Waals surface area contributed by atoms with Gasteiger partial charge in [0.15, 0.2) is 0 Å². The molecule has 4 nitrogen and oxygen atoms in total. The predicted molar refractivity (Wildman–Crippen MR) is 76.4 cm³/mol. The minimum absolute atomic E-state index is 0.00326. The van der Waals surface area contributed by atoms with Crippen molar-refractivity contribution in [3.05, 3.63) is 38.9 Å². The number of benzene rings is 1. The third kappa shape index (κ3) is 3.25. The van der Waals surface area contributed by atoms with E-state index in [9.17, 15) is 10.1 Å². The van der Waals surface area contributed by atoms with E-state index in [1.165, 1.54) is 19.3 Å². The van der Waals surface area contributed by atoms with Crippen LogP contribution in [0.15, 0.2) is 18.2 Å². The number of nitro groups is 1. The normalized spacial score (nSPS) is 24.4. The van der Waals surface area contributed by atoms with Crippen molar-refractivity contribution in [2.24, 2.45) is 0 Å². The molecule has 0 amide bonds. The molecule has 0 radical (unpaired) electrons. The van der Waals surface area contributed by atoms with Crippen LogP contribution in [0.25, 0.3) is 0 Å². The lowest BCUT2D eigenvalue weighted by Gasteiger charge is -2.39. The predicted octanol–water partition coefficient (Wildman–Crippen LogP) is 4.01. The Morgan fingerprint density at radius 3 is 2.58 bits per heavy atom. The molecule has 2 atom stereocenters. The molecule has 0 saturated carbocycles. The fourth-order valence-corrected chi connectivity index (χ4v) is 2.98. The second kappa shape index (κ2) is 5.88. The molecule has 1 aliphatic heterocycles. The van der Waals surface area contributed by atoms with E-state index in [4.69, 9.17) is 11.6 Å². The first kappa shape index (κ1) is 14.3. The first-order chi connectivity index (χ1) is 8.99. The maximum Gasteiger partial charge on any atom is 0.288 e. The van der Waals surface area contributed by atoms with Gasteiger partial charge in [0.2, 0.25) is 0 Å². The van der Waals surface area contributed by atoms with Crippen LogP contribution >= 0.6 is 11.6 Å². The molecule has 19 heavy (non-hydrogen) atoms. The molecule has 1 aromatic carbocycles. The van der Waals surface area contributed by atoms with Crippen LogP contribution in [-0.2, 0) is 6.54 Å². The highest BCUT2D eigenvalue weighted by atomic mass is 35.5. The van der Waals surface area contributed by atoms with E-state index in [1.807, 2.05) is 6.07 Å². The van der Waals surface area contributed by atoms with E-state index < -0.39 is 4.92 Å². The number of nitrogens with zero attached hydrogens (tertiary/aromatic N) is 2. The number of hydrogen-bond donors (Lipinski definition) is 0. The number of hydrogen-bond acceptors (Lipinski definition) is 3. The van der Waals surface area contributed by atoms with Gasteiger partial charge >= 0.3 is 0 Å². The molecule has 0 spiro atoms. The third-order valence-corrected chi connectivity index (χ3v) is 4.27. The summed E-state index contributed by atoms with van der Waals surface area (Å²) in [5, 5.41) is 11.1. The second-order valence-electron chi connectivity index (χ2n) is 5.34. The third-order valence-electron chi connectivity index (χ3n) is 3.95. The fraction of sp³-hybridized carbons (Fsp3) is 0.571. The van der Waals surface area contributed by atoms with Gasteiger partial charge < -0.3 is 0 Å². The fourth-order valence-electron chi connectivity index (χ4n) is 2.79. The van der Waals surface area contributed by atoms with E-state index >= 15 is 0 Å². The van der Waals surface area contributed by atoms with Gasteiger partial charge in [-0.1, -0.05) is 24.1 Å². The zero-order valence-electron chi connectivity index (χ0n) is 11.3. The SMILES string of the molecule is CC1CCCC(C)N1Cc1ccc(Cl)c([N+](=O)[O-])c1. The van der Waals surface area contributed by atoms with Gasteiger partial charge in [-0.3, -0.25) is 15.0 Å². The summed E-state index contributed by atoms with van der Waals surface area (Å²) in [6.45, 7) is 5.19. The van der Waals surface area contributed by atoms with Crippen LogP contribution in [0.3, 0.4) is 0 Å². The van der Waals surface area contributed by atoms with Crippen LogP contribution < -0.4 is 0 Å². The first-order valence-corrected chi connectivity index (χ1v) is 7.05. The summed E-state index contributed by atoms with van der Waals surface area (Å²) >= 11 is 5.84. The zero-order chi connectivity index (χ0) is 14.0. The molecule has 1 saturated heterocycles. The Kier molecular flexibility index (Phi) is 4.42. The molecule has 2 rings (SSSR count). The lowest BCUT2D eigenvalue weighted by molar-refractivity contribution is -0.384. The molecular formula is C14H19ClN2O2. The summed E-state index contributed by atoms with van der Waals surface area (Å²) in [5.41, 5.74) is 0.952. The minimum Gasteiger partial charge on any atom is -0.294 e. The summed E-state index contributed by atoms with van der Waals surface area (Å²) < 4.78 is 0. The van der Waals surface area contributed by atoms with Crippen molar-refractivity contribution in [3.8, 4) is 0 Å². The van der Waals surface area contributed by atoms with Crippen LogP contribution in [0.2, 0.25) is 5.02 Å². The number of nitro benzene ring substituents is 1. The number of likely N-dealkylation sites (tertiary alicyclic amines) is 1. The highest BCUT2D eigenvalue weighted by Gasteiger charge is 2.25. The summed E-state index contributed by atoms with van der Waals surface area (Å²) in [6, 6.07) is 6.14. The zero-order valence-corrected chi connectivity index (χ0v) is 12.1. The molecule has 0 aliphatic carbocycles. The highest BCUT2D eigenvalue weighted by Crippen LogP contribution is 2.28. The average Bonchev–Trinajstić information content (AvgIpc) is 2.35. The quantitative estimate of drug-likeness (QED) is 0.621. The van der Waals surface area contributed by atoms with Crippen molar-refractivity contribution >= 4 is 17.3 Å². The smallest absolute Gasteiger partial charge is 0.288 e. The van der Waals surface area contributed by atoms with Crippen molar-refractivity contribution in [1.82, 2.24) is 4.90 Å². The Balaban J connectivity index is 2.18. The monoisotopic (exact) mass is 282 g/mol. The van der Waals surface area contributed by atoms with E-state index in [1.54, 1.807) is 12.1 Å². The standard InChI is InChI=1S/C14H19ClN2O2/c1-10-4-3-5-11(2)16(10)9-12-6-7-13(15)14(8-12)17(18)19/h6-8,10-11H,3-5,9H2,1-2H3. The molecule has 5 heteroatoms. The van der Waals surface area contributed by atoms with Crippen LogP contribution in [0.5, 0.6) is 0 Å². The lowest BCUT2D eigenvalue weighted by atomic mass is 9.96. The van der Waals surface area contributed by atoms with Gasteiger partial charge in [-0.25, -0.2) is 0 Å². The summed E-state index contributed by atoms with van der Waals surface area (Å²) in [7, 11) is 0. The average molecular weight is 283 g/mol. The second-order valence-corrected chi connectivity index (χ2v) is 5.75. The maximum absolute atomic E-state index is 10.9. The summed E-state index contributed by atoms with van der Waals surface area (Å²) in [6.07, 6.45) is 3.65. The van der Waals surface area contributed by atoms with Gasteiger partial charge in [-0.05, 0) is 38.3 Å². The van der Waals surface area contributed by atoms with Crippen LogP contribution in [0.1, 0.15) is 38.7 Å². The van der Waals surface area contributed by atoms with Crippen molar-refractivity contribution < 1.29 is 4.92 Å². The number of piperidine rings is 1. The van der Waals surface area contributed by atoms with Gasteiger partial charge in [-0.15, -0.1) is 0 Å². The van der Waals surface area contributed by atoms with Crippen LogP contribution in [0, 0.1) is 10.1 Å². The summed E-state index contributed by atoms with van der Waals surface area (Å²) in [4.78, 5) is 12.9. The van der Waals surface area contributed by atoms with Gasteiger partial charge in [0, 0.05) is 24.7 Å². The van der Waals surface area contributed by atoms with Crippen molar-refractivity contribution in [1.29, 1.82) is 0 Å². The number of halogens is 1. The van der Waals surface area contributed by atoms with E-state index in [0.29, 0.717) is 12.1 Å². The Bertz CT molecular complexity index is 469. The van der Waals surface area contributed by atoms with E-state index in [2.05, 4.69) is 18.7 Å². The van der Waals surface area contributed by atoms with Gasteiger partial charge in [0.05, 0.1) is 4.92 Å². The van der Waals surface area contributed by atoms with Gasteiger partial charge in [0.1, 0.15) is 5.02 Å². The largest absolute Gasteiger partial charge is 0.294 e. The molecule has 1 aromatic rings. The Labute approximate surface area is 118 Å². The molecule has 2 unspecified atom stereocenters. The van der Waals surface area contributed by atoms with E-state index in [0.717, 1.165) is 12.1 Å². The molecule has 0 aromatic heterocycles. The van der Waals surface area contributed by atoms with Crippen LogP contribution in [0.4, 0.5) is 5.69 Å². The molecule has 0 N–H and O–H groups in total. The van der Waals surface area contributed by atoms with Gasteiger partial charge in [-0.2, -0.15) is 0 Å². The topological polar surface area (TPSA) is 46.4 Å². The van der Waals surface area contributed by atoms with Crippen molar-refractivity contribution in [2.45, 2.75) is 51.7 Å². The molecule has 1 fully saturated rings. The number of rotatable bonds is 3. The molecule has 1 aliphatic rings. The Morgan fingerprint density at radius 2 is 2.00 bits per heavy atom. The molecular weight excluding hydrogens is 264 g/mol.